The van der Waals surface area contributed by atoms with Crippen LogP contribution in [-0.2, 0) is 12.7 Å². The van der Waals surface area contributed by atoms with Gasteiger partial charge < -0.3 is 9.80 Å². The van der Waals surface area contributed by atoms with Gasteiger partial charge in [-0.05, 0) is 68.1 Å². The van der Waals surface area contributed by atoms with E-state index in [1.54, 1.807) is 29.4 Å². The maximum atomic E-state index is 13.2. The maximum absolute atomic E-state index is 13.2. The van der Waals surface area contributed by atoms with Crippen LogP contribution < -0.4 is 0 Å². The molecule has 0 spiro atoms. The van der Waals surface area contributed by atoms with Crippen molar-refractivity contribution in [1.82, 2.24) is 9.80 Å². The molecule has 4 nitrogen and oxygen atoms in total. The average Bonchev–Trinajstić information content (AvgIpc) is 3.54. The molecule has 1 aliphatic carbocycles. The molecular weight excluding hydrogens is 391 g/mol. The molecule has 30 heavy (non-hydrogen) atoms. The van der Waals surface area contributed by atoms with Crippen molar-refractivity contribution in [2.24, 2.45) is 4.99 Å². The third-order valence-electron chi connectivity index (χ3n) is 5.20. The van der Waals surface area contributed by atoms with E-state index >= 15 is 0 Å². The number of aliphatic imine (C=N–C) groups is 1. The monoisotopic (exact) mass is 417 g/mol. The van der Waals surface area contributed by atoms with Crippen LogP contribution in [0.25, 0.3) is 0 Å². The number of hydrogen-bond acceptors (Lipinski definition) is 2. The quantitative estimate of drug-likeness (QED) is 0.445. The average molecular weight is 417 g/mol. The summed E-state index contributed by atoms with van der Waals surface area (Å²) in [6.45, 7) is 4.88. The zero-order chi connectivity index (χ0) is 21.9. The summed E-state index contributed by atoms with van der Waals surface area (Å²) in [5.41, 5.74) is 1.88. The third-order valence-corrected chi connectivity index (χ3v) is 5.20. The lowest BCUT2D eigenvalue weighted by Gasteiger charge is -2.24. The summed E-state index contributed by atoms with van der Waals surface area (Å²) in [7, 11) is 1.93. The smallest absolute Gasteiger partial charge is 0.366 e. The predicted molar refractivity (Wildman–Crippen MR) is 112 cm³/mol. The van der Waals surface area contributed by atoms with E-state index in [9.17, 15) is 18.0 Å². The first-order valence-corrected chi connectivity index (χ1v) is 10.0. The molecule has 0 heterocycles. The second-order valence-electron chi connectivity index (χ2n) is 7.68. The Balaban J connectivity index is 1.80. The molecule has 3 rings (SSSR count). The summed E-state index contributed by atoms with van der Waals surface area (Å²) >= 11 is 0. The van der Waals surface area contributed by atoms with Gasteiger partial charge >= 0.3 is 6.18 Å². The van der Waals surface area contributed by atoms with Crippen LogP contribution in [0.2, 0.25) is 0 Å². The zero-order valence-electron chi connectivity index (χ0n) is 17.4. The molecule has 0 saturated heterocycles. The van der Waals surface area contributed by atoms with Crippen LogP contribution in [0.1, 0.15) is 46.8 Å². The van der Waals surface area contributed by atoms with Gasteiger partial charge in [0.25, 0.3) is 5.91 Å². The van der Waals surface area contributed by atoms with E-state index in [0.29, 0.717) is 11.1 Å². The summed E-state index contributed by atoms with van der Waals surface area (Å²) in [5.74, 6) is -0.159. The number of aryl methyl sites for hydroxylation is 1. The van der Waals surface area contributed by atoms with E-state index in [1.807, 2.05) is 31.9 Å². The first-order chi connectivity index (χ1) is 14.2. The van der Waals surface area contributed by atoms with Gasteiger partial charge in [0.05, 0.1) is 17.6 Å². The molecule has 1 aliphatic rings. The minimum Gasteiger partial charge on any atom is -0.366 e. The molecule has 1 amide bonds. The Morgan fingerprint density at radius 3 is 2.53 bits per heavy atom. The highest BCUT2D eigenvalue weighted by Gasteiger charge is 2.34. The molecule has 2 aromatic carbocycles. The zero-order valence-corrected chi connectivity index (χ0v) is 17.4. The number of nitrogens with zero attached hydrogens (tertiary/aromatic N) is 3. The Hall–Kier alpha value is -2.83. The van der Waals surface area contributed by atoms with Gasteiger partial charge in [-0.25, -0.2) is 4.99 Å². The molecule has 1 fully saturated rings. The van der Waals surface area contributed by atoms with Crippen molar-refractivity contribution in [3.63, 3.8) is 0 Å². The van der Waals surface area contributed by atoms with Gasteiger partial charge in [0.15, 0.2) is 0 Å². The van der Waals surface area contributed by atoms with Gasteiger partial charge in [0.1, 0.15) is 0 Å². The number of carbonyl (C=O) groups excluding carboxylic acids is 1. The van der Waals surface area contributed by atoms with E-state index in [1.165, 1.54) is 6.07 Å². The number of hydrogen-bond donors (Lipinski definition) is 0. The molecular formula is C23H26F3N3O. The second-order valence-corrected chi connectivity index (χ2v) is 7.68. The number of carbonyl (C=O) groups is 1. The van der Waals surface area contributed by atoms with E-state index < -0.39 is 11.7 Å². The van der Waals surface area contributed by atoms with Crippen LogP contribution in [0, 0.1) is 6.92 Å². The first kappa shape index (κ1) is 21.9. The number of benzene rings is 2. The summed E-state index contributed by atoms with van der Waals surface area (Å²) in [5, 5.41) is 0. The largest absolute Gasteiger partial charge is 0.416 e. The number of rotatable bonds is 7. The summed E-state index contributed by atoms with van der Waals surface area (Å²) in [6, 6.07) is 10.6. The highest BCUT2D eigenvalue weighted by Crippen LogP contribution is 2.33. The van der Waals surface area contributed by atoms with E-state index in [4.69, 9.17) is 0 Å². The molecule has 0 atom stereocenters. The van der Waals surface area contributed by atoms with E-state index in [0.717, 1.165) is 42.8 Å². The number of alkyl halides is 3. The van der Waals surface area contributed by atoms with Gasteiger partial charge in [0, 0.05) is 31.7 Å². The van der Waals surface area contributed by atoms with E-state index in [-0.39, 0.29) is 18.5 Å². The molecule has 7 heteroatoms. The highest BCUT2D eigenvalue weighted by atomic mass is 19.4. The molecule has 160 valence electrons. The molecule has 0 aromatic heterocycles. The van der Waals surface area contributed by atoms with Crippen LogP contribution in [0.4, 0.5) is 18.9 Å². The third kappa shape index (κ3) is 5.40. The fourth-order valence-electron chi connectivity index (χ4n) is 3.17. The Bertz CT molecular complexity index is 936. The van der Waals surface area contributed by atoms with Gasteiger partial charge in [-0.1, -0.05) is 12.1 Å². The first-order valence-electron chi connectivity index (χ1n) is 10.0. The lowest BCUT2D eigenvalue weighted by atomic mass is 10.1. The topological polar surface area (TPSA) is 35.9 Å². The highest BCUT2D eigenvalue weighted by molar-refractivity contribution is 5.96. The lowest BCUT2D eigenvalue weighted by molar-refractivity contribution is -0.137. The summed E-state index contributed by atoms with van der Waals surface area (Å²) < 4.78 is 39.1. The van der Waals surface area contributed by atoms with Crippen LogP contribution in [-0.4, -0.2) is 41.7 Å². The van der Waals surface area contributed by atoms with Crippen molar-refractivity contribution in [3.8, 4) is 0 Å². The van der Waals surface area contributed by atoms with Crippen molar-refractivity contribution >= 4 is 17.9 Å². The molecule has 1 saturated carbocycles. The van der Waals surface area contributed by atoms with Crippen molar-refractivity contribution < 1.29 is 18.0 Å². The normalized spacial score (nSPS) is 14.2. The maximum Gasteiger partial charge on any atom is 0.416 e. The Kier molecular flexibility index (Phi) is 6.48. The van der Waals surface area contributed by atoms with Crippen molar-refractivity contribution in [3.05, 3.63) is 64.7 Å². The molecule has 0 N–H and O–H groups in total. The Morgan fingerprint density at radius 2 is 1.93 bits per heavy atom. The SMILES string of the molecule is CCN(C)C=Nc1ccc(C(=O)N(Cc2cccc(C(F)(F)F)c2)C2CC2)c(C)c1. The molecule has 0 bridgehead atoms. The minimum atomic E-state index is -4.40. The Morgan fingerprint density at radius 1 is 1.20 bits per heavy atom. The lowest BCUT2D eigenvalue weighted by Crippen LogP contribution is -2.33. The minimum absolute atomic E-state index is 0.0716. The van der Waals surface area contributed by atoms with Crippen LogP contribution >= 0.6 is 0 Å². The second kappa shape index (κ2) is 8.90. The number of amides is 1. The fraction of sp³-hybridized carbons (Fsp3) is 0.391. The summed E-state index contributed by atoms with van der Waals surface area (Å²) in [6.07, 6.45) is -0.922. The van der Waals surface area contributed by atoms with Gasteiger partial charge in [-0.15, -0.1) is 0 Å². The van der Waals surface area contributed by atoms with Crippen molar-refractivity contribution in [2.75, 3.05) is 13.6 Å². The molecule has 0 aliphatic heterocycles. The standard InChI is InChI=1S/C23H26F3N3O/c1-4-28(3)15-27-19-8-11-21(16(2)12-19)22(30)29(20-9-10-20)14-17-6-5-7-18(13-17)23(24,25)26/h5-8,11-13,15,20H,4,9-10,14H2,1-3H3. The molecule has 0 radical (unpaired) electrons. The van der Waals surface area contributed by atoms with Gasteiger partial charge in [-0.2, -0.15) is 13.2 Å². The van der Waals surface area contributed by atoms with Gasteiger partial charge in [-0.3, -0.25) is 4.79 Å². The predicted octanol–water partition coefficient (Wildman–Crippen LogP) is 5.43. The fourth-order valence-corrected chi connectivity index (χ4v) is 3.17. The van der Waals surface area contributed by atoms with Crippen molar-refractivity contribution in [2.45, 2.75) is 45.5 Å². The van der Waals surface area contributed by atoms with E-state index in [2.05, 4.69) is 4.99 Å². The molecule has 0 unspecified atom stereocenters. The van der Waals surface area contributed by atoms with Crippen LogP contribution in [0.5, 0.6) is 0 Å². The number of halogens is 3. The van der Waals surface area contributed by atoms with Crippen LogP contribution in [0.15, 0.2) is 47.5 Å². The molecule has 2 aromatic rings. The van der Waals surface area contributed by atoms with Crippen molar-refractivity contribution in [1.29, 1.82) is 0 Å². The Labute approximate surface area is 175 Å². The van der Waals surface area contributed by atoms with Gasteiger partial charge in [0.2, 0.25) is 0 Å². The van der Waals surface area contributed by atoms with Crippen LogP contribution in [0.3, 0.4) is 0 Å². The summed E-state index contributed by atoms with van der Waals surface area (Å²) in [4.78, 5) is 21.2.